The molecule has 1 aliphatic heterocycles. The monoisotopic (exact) mass is 419 g/mol. The number of rotatable bonds is 11. The van der Waals surface area contributed by atoms with Crippen LogP contribution in [0.5, 0.6) is 0 Å². The minimum atomic E-state index is -0.390. The molecule has 0 aromatic heterocycles. The lowest BCUT2D eigenvalue weighted by Crippen LogP contribution is -2.44. The van der Waals surface area contributed by atoms with Crippen LogP contribution in [0.3, 0.4) is 0 Å². The van der Waals surface area contributed by atoms with E-state index >= 15 is 0 Å². The maximum atomic E-state index is 12.9. The third-order valence-corrected chi connectivity index (χ3v) is 5.53. The van der Waals surface area contributed by atoms with E-state index in [4.69, 9.17) is 0 Å². The zero-order valence-electron chi connectivity index (χ0n) is 17.9. The molecule has 0 radical (unpaired) electrons. The van der Waals surface area contributed by atoms with Crippen LogP contribution < -0.4 is 10.6 Å². The van der Waals surface area contributed by atoms with E-state index in [-0.39, 0.29) is 23.6 Å². The van der Waals surface area contributed by atoms with Crippen LogP contribution in [0.2, 0.25) is 0 Å². The fraction of sp³-hybridized carbons (Fsp3) is 0.609. The molecule has 6 nitrogen and oxygen atoms in total. The number of carbonyl (C=O) groups is 3. The summed E-state index contributed by atoms with van der Waals surface area (Å²) < 4.78 is 12.9. The van der Waals surface area contributed by atoms with Gasteiger partial charge in [-0.05, 0) is 43.5 Å². The first-order chi connectivity index (χ1) is 14.5. The largest absolute Gasteiger partial charge is 0.354 e. The Morgan fingerprint density at radius 1 is 0.967 bits per heavy atom. The van der Waals surface area contributed by atoms with Crippen molar-refractivity contribution in [1.82, 2.24) is 15.5 Å². The van der Waals surface area contributed by atoms with Gasteiger partial charge in [-0.25, -0.2) is 4.39 Å². The van der Waals surface area contributed by atoms with Gasteiger partial charge < -0.3 is 15.5 Å². The highest BCUT2D eigenvalue weighted by Gasteiger charge is 2.26. The van der Waals surface area contributed by atoms with E-state index in [1.54, 1.807) is 0 Å². The molecule has 3 amide bonds. The van der Waals surface area contributed by atoms with Crippen LogP contribution in [0.25, 0.3) is 0 Å². The number of carbonyl (C=O) groups excluding carboxylic acids is 3. The molecule has 7 heteroatoms. The van der Waals surface area contributed by atoms with Crippen LogP contribution in [0.15, 0.2) is 24.3 Å². The number of likely N-dealkylation sites (tertiary alicyclic amines) is 1. The molecule has 1 fully saturated rings. The van der Waals surface area contributed by atoms with Crippen molar-refractivity contribution in [3.05, 3.63) is 35.6 Å². The highest BCUT2D eigenvalue weighted by molar-refractivity contribution is 5.94. The predicted molar refractivity (Wildman–Crippen MR) is 114 cm³/mol. The number of piperidine rings is 1. The van der Waals surface area contributed by atoms with Crippen molar-refractivity contribution < 1.29 is 18.8 Å². The fourth-order valence-corrected chi connectivity index (χ4v) is 3.64. The number of nitrogens with one attached hydrogen (secondary N) is 2. The molecule has 2 rings (SSSR count). The smallest absolute Gasteiger partial charge is 0.251 e. The molecular weight excluding hydrogens is 385 g/mol. The second-order valence-corrected chi connectivity index (χ2v) is 7.87. The molecule has 0 atom stereocenters. The van der Waals surface area contributed by atoms with Crippen LogP contribution in [-0.4, -0.2) is 48.8 Å². The normalized spacial score (nSPS) is 14.4. The third-order valence-electron chi connectivity index (χ3n) is 5.53. The first kappa shape index (κ1) is 23.8. The van der Waals surface area contributed by atoms with Gasteiger partial charge in [-0.2, -0.15) is 0 Å². The summed E-state index contributed by atoms with van der Waals surface area (Å²) in [6.45, 7) is 4.08. The standard InChI is InChI=1S/C23H34FN3O3/c1-2-3-4-5-6-7-21(28)27-16-12-19(13-17-27)23(30)26-15-14-25-22(29)18-8-10-20(24)11-9-18/h8-11,19H,2-7,12-17H2,1H3,(H,25,29)(H,26,30). The summed E-state index contributed by atoms with van der Waals surface area (Å²) in [7, 11) is 0. The molecule has 0 unspecified atom stereocenters. The third kappa shape index (κ3) is 8.13. The molecule has 1 aromatic carbocycles. The highest BCUT2D eigenvalue weighted by Crippen LogP contribution is 2.18. The lowest BCUT2D eigenvalue weighted by molar-refractivity contribution is -0.135. The summed E-state index contributed by atoms with van der Waals surface area (Å²) >= 11 is 0. The quantitative estimate of drug-likeness (QED) is 0.541. The summed E-state index contributed by atoms with van der Waals surface area (Å²) in [5.74, 6) is -0.609. The van der Waals surface area contributed by atoms with Crippen LogP contribution >= 0.6 is 0 Å². The van der Waals surface area contributed by atoms with E-state index < -0.39 is 5.82 Å². The van der Waals surface area contributed by atoms with Crippen molar-refractivity contribution in [3.8, 4) is 0 Å². The summed E-state index contributed by atoms with van der Waals surface area (Å²) in [4.78, 5) is 38.4. The zero-order chi connectivity index (χ0) is 21.8. The highest BCUT2D eigenvalue weighted by atomic mass is 19.1. The minimum Gasteiger partial charge on any atom is -0.354 e. The molecular formula is C23H34FN3O3. The number of hydrogen-bond donors (Lipinski definition) is 2. The Morgan fingerprint density at radius 2 is 1.60 bits per heavy atom. The summed E-state index contributed by atoms with van der Waals surface area (Å²) in [6.07, 6.45) is 7.63. The number of amides is 3. The van der Waals surface area contributed by atoms with Crippen molar-refractivity contribution in [2.24, 2.45) is 5.92 Å². The van der Waals surface area contributed by atoms with Crippen LogP contribution in [0.4, 0.5) is 4.39 Å². The van der Waals surface area contributed by atoms with Crippen molar-refractivity contribution in [1.29, 1.82) is 0 Å². The second kappa shape index (κ2) is 13.0. The van der Waals surface area contributed by atoms with E-state index in [1.165, 1.54) is 43.5 Å². The average Bonchev–Trinajstić information content (AvgIpc) is 2.76. The molecule has 166 valence electrons. The Hall–Kier alpha value is -2.44. The molecule has 0 saturated carbocycles. The van der Waals surface area contributed by atoms with E-state index in [9.17, 15) is 18.8 Å². The van der Waals surface area contributed by atoms with Gasteiger partial charge in [-0.3, -0.25) is 14.4 Å². The number of hydrogen-bond acceptors (Lipinski definition) is 3. The van der Waals surface area contributed by atoms with Gasteiger partial charge in [0.1, 0.15) is 5.82 Å². The van der Waals surface area contributed by atoms with E-state index in [0.29, 0.717) is 51.0 Å². The van der Waals surface area contributed by atoms with Gasteiger partial charge in [0.2, 0.25) is 11.8 Å². The van der Waals surface area contributed by atoms with E-state index in [0.717, 1.165) is 12.8 Å². The number of halogens is 1. The van der Waals surface area contributed by atoms with Gasteiger partial charge in [0, 0.05) is 44.1 Å². The van der Waals surface area contributed by atoms with Gasteiger partial charge in [-0.15, -0.1) is 0 Å². The van der Waals surface area contributed by atoms with Crippen molar-refractivity contribution in [2.45, 2.75) is 58.3 Å². The molecule has 1 aromatic rings. The van der Waals surface area contributed by atoms with Crippen LogP contribution in [0.1, 0.15) is 68.6 Å². The summed E-state index contributed by atoms with van der Waals surface area (Å²) in [5.41, 5.74) is 0.380. The fourth-order valence-electron chi connectivity index (χ4n) is 3.64. The molecule has 30 heavy (non-hydrogen) atoms. The molecule has 1 aliphatic rings. The SMILES string of the molecule is CCCCCCCC(=O)N1CCC(C(=O)NCCNC(=O)c2ccc(F)cc2)CC1. The summed E-state index contributed by atoms with van der Waals surface area (Å²) in [5, 5.41) is 5.55. The van der Waals surface area contributed by atoms with E-state index in [2.05, 4.69) is 17.6 Å². The van der Waals surface area contributed by atoms with Gasteiger partial charge in [-0.1, -0.05) is 32.6 Å². The predicted octanol–water partition coefficient (Wildman–Crippen LogP) is 3.27. The van der Waals surface area contributed by atoms with Gasteiger partial charge in [0.05, 0.1) is 0 Å². The average molecular weight is 420 g/mol. The Kier molecular flexibility index (Phi) is 10.3. The zero-order valence-corrected chi connectivity index (χ0v) is 17.9. The van der Waals surface area contributed by atoms with Crippen molar-refractivity contribution in [2.75, 3.05) is 26.2 Å². The Morgan fingerprint density at radius 3 is 2.27 bits per heavy atom. The molecule has 0 bridgehead atoms. The topological polar surface area (TPSA) is 78.5 Å². The molecule has 2 N–H and O–H groups in total. The molecule has 1 heterocycles. The number of unbranched alkanes of at least 4 members (excludes halogenated alkanes) is 4. The van der Waals surface area contributed by atoms with Crippen LogP contribution in [0, 0.1) is 11.7 Å². The van der Waals surface area contributed by atoms with Crippen molar-refractivity contribution in [3.63, 3.8) is 0 Å². The lowest BCUT2D eigenvalue weighted by atomic mass is 9.95. The number of benzene rings is 1. The van der Waals surface area contributed by atoms with Crippen molar-refractivity contribution >= 4 is 17.7 Å². The second-order valence-electron chi connectivity index (χ2n) is 7.87. The maximum Gasteiger partial charge on any atom is 0.251 e. The Bertz CT molecular complexity index is 685. The van der Waals surface area contributed by atoms with E-state index in [1.807, 2.05) is 4.90 Å². The van der Waals surface area contributed by atoms with Gasteiger partial charge >= 0.3 is 0 Å². The molecule has 0 spiro atoms. The summed E-state index contributed by atoms with van der Waals surface area (Å²) in [6, 6.07) is 5.31. The first-order valence-corrected chi connectivity index (χ1v) is 11.1. The molecule has 1 saturated heterocycles. The number of nitrogens with zero attached hydrogens (tertiary/aromatic N) is 1. The lowest BCUT2D eigenvalue weighted by Gasteiger charge is -2.31. The Balaban J connectivity index is 1.58. The van der Waals surface area contributed by atoms with Gasteiger partial charge in [0.15, 0.2) is 0 Å². The Labute approximate surface area is 178 Å². The van der Waals surface area contributed by atoms with Crippen LogP contribution in [-0.2, 0) is 9.59 Å². The minimum absolute atomic E-state index is 0.0299. The molecule has 0 aliphatic carbocycles. The van der Waals surface area contributed by atoms with Gasteiger partial charge in [0.25, 0.3) is 5.91 Å². The first-order valence-electron chi connectivity index (χ1n) is 11.1. The maximum absolute atomic E-state index is 12.9.